The van der Waals surface area contributed by atoms with Crippen molar-refractivity contribution in [1.29, 1.82) is 0 Å². The highest BCUT2D eigenvalue weighted by Gasteiger charge is 2.20. The first-order valence-electron chi connectivity index (χ1n) is 7.75. The van der Waals surface area contributed by atoms with Crippen LogP contribution in [0.15, 0.2) is 35.1 Å². The van der Waals surface area contributed by atoms with Crippen molar-refractivity contribution in [2.75, 3.05) is 5.32 Å². The zero-order chi connectivity index (χ0) is 18.1. The number of benzene rings is 1. The predicted octanol–water partition coefficient (Wildman–Crippen LogP) is 4.54. The van der Waals surface area contributed by atoms with Crippen LogP contribution >= 0.6 is 35.2 Å². The second-order valence-electron chi connectivity index (χ2n) is 5.56. The van der Waals surface area contributed by atoms with E-state index in [1.807, 2.05) is 13.0 Å². The molecule has 8 heteroatoms. The Morgan fingerprint density at radius 3 is 2.84 bits per heavy atom. The van der Waals surface area contributed by atoms with E-state index in [2.05, 4.69) is 10.3 Å². The summed E-state index contributed by atoms with van der Waals surface area (Å²) in [6, 6.07) is 8.01. The van der Waals surface area contributed by atoms with Gasteiger partial charge in [0, 0.05) is 4.88 Å². The van der Waals surface area contributed by atoms with E-state index in [0.717, 1.165) is 16.1 Å². The Kier molecular flexibility index (Phi) is 5.08. The first-order valence-corrected chi connectivity index (χ1v) is 9.35. The van der Waals surface area contributed by atoms with Gasteiger partial charge < -0.3 is 10.3 Å². The fourth-order valence-corrected chi connectivity index (χ4v) is 4.09. The monoisotopic (exact) mass is 393 g/mol. The molecule has 3 aromatic rings. The van der Waals surface area contributed by atoms with Gasteiger partial charge in [-0.25, -0.2) is 0 Å². The molecule has 0 saturated carbocycles. The Morgan fingerprint density at radius 2 is 2.16 bits per heavy atom. The van der Waals surface area contributed by atoms with Crippen molar-refractivity contribution in [1.82, 2.24) is 9.55 Å². The molecule has 0 aliphatic rings. The minimum Gasteiger partial charge on any atom is -0.323 e. The van der Waals surface area contributed by atoms with Crippen LogP contribution in [0.2, 0.25) is 5.02 Å². The number of hydrogen-bond donors (Lipinski definition) is 2. The lowest BCUT2D eigenvalue weighted by atomic mass is 10.2. The largest absolute Gasteiger partial charge is 0.323 e. The fourth-order valence-electron chi connectivity index (χ4n) is 2.52. The average Bonchev–Trinajstić information content (AvgIpc) is 3.00. The molecular formula is C17H16ClN3O2S2. The molecule has 0 aliphatic carbocycles. The number of thiophene rings is 1. The van der Waals surface area contributed by atoms with Crippen molar-refractivity contribution in [3.63, 3.8) is 0 Å². The Hall–Kier alpha value is -1.96. The number of anilines is 1. The van der Waals surface area contributed by atoms with Crippen LogP contribution in [0, 0.1) is 4.77 Å². The van der Waals surface area contributed by atoms with Crippen molar-refractivity contribution in [2.45, 2.75) is 26.3 Å². The van der Waals surface area contributed by atoms with Gasteiger partial charge in [0.15, 0.2) is 4.77 Å². The van der Waals surface area contributed by atoms with Crippen molar-refractivity contribution in [3.8, 4) is 0 Å². The Balaban J connectivity index is 2.00. The quantitative estimate of drug-likeness (QED) is 0.639. The lowest BCUT2D eigenvalue weighted by Gasteiger charge is -2.16. The van der Waals surface area contributed by atoms with Gasteiger partial charge in [0.2, 0.25) is 5.91 Å². The molecule has 0 bridgehead atoms. The summed E-state index contributed by atoms with van der Waals surface area (Å²) in [6.07, 6.45) is 0.835. The third-order valence-corrected chi connectivity index (χ3v) is 5.74. The normalized spacial score (nSPS) is 12.3. The lowest BCUT2D eigenvalue weighted by Crippen LogP contribution is -2.32. The number of halogens is 1. The number of nitrogens with one attached hydrogen (secondary N) is 2. The van der Waals surface area contributed by atoms with Gasteiger partial charge in [0.25, 0.3) is 5.56 Å². The summed E-state index contributed by atoms with van der Waals surface area (Å²) in [5.74, 6) is -0.361. The lowest BCUT2D eigenvalue weighted by molar-refractivity contribution is -0.118. The van der Waals surface area contributed by atoms with Gasteiger partial charge in [-0.1, -0.05) is 30.7 Å². The van der Waals surface area contributed by atoms with Crippen molar-refractivity contribution in [2.24, 2.45) is 0 Å². The van der Waals surface area contributed by atoms with Gasteiger partial charge in [0.1, 0.15) is 10.9 Å². The number of nitrogens with zero attached hydrogens (tertiary/aromatic N) is 1. The molecule has 1 atom stereocenters. The van der Waals surface area contributed by atoms with E-state index < -0.39 is 6.04 Å². The van der Waals surface area contributed by atoms with E-state index in [1.54, 1.807) is 31.2 Å². The number of H-pyrrole nitrogens is 1. The summed E-state index contributed by atoms with van der Waals surface area (Å²) in [6.45, 7) is 3.66. The van der Waals surface area contributed by atoms with Crippen LogP contribution in [-0.4, -0.2) is 15.5 Å². The van der Waals surface area contributed by atoms with Gasteiger partial charge in [0.05, 0.1) is 16.1 Å². The zero-order valence-electron chi connectivity index (χ0n) is 13.6. The van der Waals surface area contributed by atoms with Crippen molar-refractivity contribution in [3.05, 3.63) is 55.4 Å². The molecule has 5 nitrogen and oxygen atoms in total. The molecule has 1 amide bonds. The van der Waals surface area contributed by atoms with E-state index in [0.29, 0.717) is 16.1 Å². The number of rotatable bonds is 4. The summed E-state index contributed by atoms with van der Waals surface area (Å²) in [7, 11) is 0. The maximum atomic E-state index is 12.8. The maximum Gasteiger partial charge on any atom is 0.263 e. The van der Waals surface area contributed by atoms with Gasteiger partial charge in [-0.15, -0.1) is 11.3 Å². The summed E-state index contributed by atoms with van der Waals surface area (Å²) in [5, 5.41) is 3.72. The van der Waals surface area contributed by atoms with Crippen LogP contribution in [0.1, 0.15) is 24.8 Å². The Labute approximate surface area is 158 Å². The highest BCUT2D eigenvalue weighted by molar-refractivity contribution is 7.71. The number of fused-ring (bicyclic) bond motifs is 1. The molecule has 0 saturated heterocycles. The number of amides is 1. The summed E-state index contributed by atoms with van der Waals surface area (Å²) in [4.78, 5) is 30.3. The number of aromatic nitrogens is 2. The molecule has 1 unspecified atom stereocenters. The van der Waals surface area contributed by atoms with Crippen LogP contribution in [0.3, 0.4) is 0 Å². The van der Waals surface area contributed by atoms with E-state index in [1.165, 1.54) is 15.9 Å². The number of aromatic amines is 1. The Bertz CT molecular complexity index is 1070. The van der Waals surface area contributed by atoms with E-state index in [4.69, 9.17) is 23.8 Å². The summed E-state index contributed by atoms with van der Waals surface area (Å²) >= 11 is 12.9. The Morgan fingerprint density at radius 1 is 1.44 bits per heavy atom. The number of hydrogen-bond acceptors (Lipinski definition) is 4. The first kappa shape index (κ1) is 17.8. The molecule has 0 fully saturated rings. The topological polar surface area (TPSA) is 66.9 Å². The van der Waals surface area contributed by atoms with Crippen LogP contribution in [0.25, 0.3) is 10.2 Å². The highest BCUT2D eigenvalue weighted by atomic mass is 35.5. The predicted molar refractivity (Wildman–Crippen MR) is 105 cm³/mol. The van der Waals surface area contributed by atoms with Crippen LogP contribution in [0.4, 0.5) is 5.69 Å². The molecule has 0 spiro atoms. The van der Waals surface area contributed by atoms with E-state index in [9.17, 15) is 9.59 Å². The molecule has 2 aromatic heterocycles. The molecule has 3 rings (SSSR count). The molecule has 2 N–H and O–H groups in total. The fraction of sp³-hybridized carbons (Fsp3) is 0.235. The number of aryl methyl sites for hydroxylation is 1. The third kappa shape index (κ3) is 3.40. The van der Waals surface area contributed by atoms with Gasteiger partial charge in [-0.2, -0.15) is 0 Å². The van der Waals surface area contributed by atoms with Gasteiger partial charge >= 0.3 is 0 Å². The number of carbonyl (C=O) groups is 1. The van der Waals surface area contributed by atoms with E-state index in [-0.39, 0.29) is 16.2 Å². The minimum absolute atomic E-state index is 0.226. The molecule has 0 aliphatic heterocycles. The van der Waals surface area contributed by atoms with Crippen LogP contribution in [0.5, 0.6) is 0 Å². The second-order valence-corrected chi connectivity index (χ2v) is 7.49. The molecule has 2 heterocycles. The SMILES string of the molecule is CCc1cc2c(=O)n(C(C)C(=O)Nc3ccccc3Cl)c(=S)[nH]c2s1. The van der Waals surface area contributed by atoms with Crippen molar-refractivity contribution < 1.29 is 4.79 Å². The van der Waals surface area contributed by atoms with E-state index >= 15 is 0 Å². The average molecular weight is 394 g/mol. The molecule has 25 heavy (non-hydrogen) atoms. The molecule has 0 radical (unpaired) electrons. The second kappa shape index (κ2) is 7.11. The summed E-state index contributed by atoms with van der Waals surface area (Å²) < 4.78 is 1.53. The first-order chi connectivity index (χ1) is 11.9. The smallest absolute Gasteiger partial charge is 0.263 e. The minimum atomic E-state index is -0.776. The van der Waals surface area contributed by atoms with Gasteiger partial charge in [-0.3, -0.25) is 14.2 Å². The third-order valence-electron chi connectivity index (χ3n) is 3.92. The number of carbonyl (C=O) groups excluding carboxylic acids is 1. The highest BCUT2D eigenvalue weighted by Crippen LogP contribution is 2.24. The number of para-hydroxylation sites is 1. The molecule has 1 aromatic carbocycles. The standard InChI is InChI=1S/C17H16ClN3O2S2/c1-3-10-8-11-15(25-10)20-17(24)21(16(11)23)9(2)14(22)19-13-7-5-4-6-12(13)18/h4-9H,3H2,1-2H3,(H,19,22)(H,20,24). The zero-order valence-corrected chi connectivity index (χ0v) is 16.0. The van der Waals surface area contributed by atoms with Crippen LogP contribution in [-0.2, 0) is 11.2 Å². The molecular weight excluding hydrogens is 378 g/mol. The maximum absolute atomic E-state index is 12.8. The summed E-state index contributed by atoms with van der Waals surface area (Å²) in [5.41, 5.74) is 0.227. The van der Waals surface area contributed by atoms with Crippen molar-refractivity contribution >= 4 is 57.0 Å². The molecule has 130 valence electrons. The van der Waals surface area contributed by atoms with Gasteiger partial charge in [-0.05, 0) is 43.8 Å². The van der Waals surface area contributed by atoms with Crippen LogP contribution < -0.4 is 10.9 Å².